The first kappa shape index (κ1) is 17.3. The number of alkyl halides is 3. The summed E-state index contributed by atoms with van der Waals surface area (Å²) < 4.78 is 46.4. The van der Waals surface area contributed by atoms with Gasteiger partial charge in [-0.05, 0) is 19.4 Å². The van der Waals surface area contributed by atoms with Gasteiger partial charge in [0.25, 0.3) is 0 Å². The quantitative estimate of drug-likeness (QED) is 0.844. The Bertz CT molecular complexity index is 756. The Morgan fingerprint density at radius 2 is 2.00 bits per heavy atom. The number of esters is 1. The highest BCUT2D eigenvalue weighted by molar-refractivity contribution is 5.88. The van der Waals surface area contributed by atoms with E-state index in [1.165, 1.54) is 6.07 Å². The van der Waals surface area contributed by atoms with E-state index in [2.05, 4.69) is 10.4 Å². The summed E-state index contributed by atoms with van der Waals surface area (Å²) in [4.78, 5) is 12.0. The minimum Gasteiger partial charge on any atom is -0.458 e. The van der Waals surface area contributed by atoms with E-state index in [-0.39, 0.29) is 24.0 Å². The average Bonchev–Trinajstić information content (AvgIpc) is 2.97. The number of hydrogen-bond acceptors (Lipinski definition) is 4. The van der Waals surface area contributed by atoms with E-state index in [0.717, 1.165) is 10.2 Å². The molecule has 5 nitrogen and oxygen atoms in total. The summed E-state index contributed by atoms with van der Waals surface area (Å²) in [7, 11) is 0. The summed E-state index contributed by atoms with van der Waals surface area (Å²) >= 11 is 0. The lowest BCUT2D eigenvalue weighted by atomic mass is 9.97. The van der Waals surface area contributed by atoms with Gasteiger partial charge < -0.3 is 10.1 Å². The second kappa shape index (κ2) is 6.42. The number of anilines is 1. The Balaban J connectivity index is 1.96. The molecule has 0 aliphatic carbocycles. The molecule has 1 aromatic heterocycles. The summed E-state index contributed by atoms with van der Waals surface area (Å²) in [6, 6.07) is 7.86. The lowest BCUT2D eigenvalue weighted by Gasteiger charge is -2.33. The SMILES string of the molecule is CC(C)OC(=O)c1cc2n(n1)[C@@H](C(F)(F)F)C[C@H](c1ccccc1)N2. The molecule has 2 aromatic rings. The number of benzene rings is 1. The second-order valence-corrected chi connectivity index (χ2v) is 6.21. The van der Waals surface area contributed by atoms with Gasteiger partial charge in [0.15, 0.2) is 11.7 Å². The third-order valence-corrected chi connectivity index (χ3v) is 3.94. The zero-order valence-corrected chi connectivity index (χ0v) is 13.7. The van der Waals surface area contributed by atoms with Crippen molar-refractivity contribution in [3.8, 4) is 0 Å². The molecule has 0 amide bonds. The van der Waals surface area contributed by atoms with E-state index in [1.807, 2.05) is 0 Å². The van der Waals surface area contributed by atoms with Crippen LogP contribution < -0.4 is 5.32 Å². The molecule has 134 valence electrons. The zero-order valence-electron chi connectivity index (χ0n) is 13.7. The maximum absolute atomic E-state index is 13.5. The van der Waals surface area contributed by atoms with Crippen LogP contribution in [0.2, 0.25) is 0 Å². The van der Waals surface area contributed by atoms with Gasteiger partial charge in [0.2, 0.25) is 0 Å². The van der Waals surface area contributed by atoms with Crippen LogP contribution in [0.3, 0.4) is 0 Å². The van der Waals surface area contributed by atoms with Crippen LogP contribution in [0.1, 0.15) is 48.4 Å². The molecule has 3 rings (SSSR count). The van der Waals surface area contributed by atoms with Crippen LogP contribution in [-0.2, 0) is 4.74 Å². The van der Waals surface area contributed by atoms with E-state index in [1.54, 1.807) is 44.2 Å². The predicted octanol–water partition coefficient (Wildman–Crippen LogP) is 4.11. The van der Waals surface area contributed by atoms with Gasteiger partial charge in [-0.25, -0.2) is 9.48 Å². The molecule has 0 saturated heterocycles. The van der Waals surface area contributed by atoms with E-state index in [0.29, 0.717) is 0 Å². The fraction of sp³-hybridized carbons (Fsp3) is 0.412. The molecule has 0 saturated carbocycles. The summed E-state index contributed by atoms with van der Waals surface area (Å²) in [5.74, 6) is -0.589. The molecule has 0 radical (unpaired) electrons. The van der Waals surface area contributed by atoms with Crippen molar-refractivity contribution in [3.05, 3.63) is 47.7 Å². The van der Waals surface area contributed by atoms with Crippen LogP contribution in [0.4, 0.5) is 19.0 Å². The fourth-order valence-electron chi connectivity index (χ4n) is 2.85. The maximum atomic E-state index is 13.5. The van der Waals surface area contributed by atoms with Crippen LogP contribution in [0.25, 0.3) is 0 Å². The number of hydrogen-bond donors (Lipinski definition) is 1. The monoisotopic (exact) mass is 353 g/mol. The summed E-state index contributed by atoms with van der Waals surface area (Å²) in [6.07, 6.45) is -5.06. The average molecular weight is 353 g/mol. The van der Waals surface area contributed by atoms with Crippen molar-refractivity contribution in [2.45, 2.75) is 44.6 Å². The first-order valence-corrected chi connectivity index (χ1v) is 7.94. The zero-order chi connectivity index (χ0) is 18.2. The van der Waals surface area contributed by atoms with Crippen molar-refractivity contribution in [1.29, 1.82) is 0 Å². The number of carbonyl (C=O) groups excluding carboxylic acids is 1. The van der Waals surface area contributed by atoms with E-state index >= 15 is 0 Å². The topological polar surface area (TPSA) is 56.2 Å². The standard InChI is InChI=1S/C17H18F3N3O2/c1-10(2)25-16(24)13-9-15-21-12(11-6-4-3-5-7-11)8-14(17(18,19)20)23(15)22-13/h3-7,9-10,12,14,21H,8H2,1-2H3/t12-,14-/m1/s1. The highest BCUT2D eigenvalue weighted by Crippen LogP contribution is 2.43. The van der Waals surface area contributed by atoms with Crippen molar-refractivity contribution in [1.82, 2.24) is 9.78 Å². The molecular weight excluding hydrogens is 335 g/mol. The summed E-state index contributed by atoms with van der Waals surface area (Å²) in [5.41, 5.74) is 0.606. The Labute approximate surface area is 142 Å². The number of rotatable bonds is 3. The number of ether oxygens (including phenoxy) is 1. The molecule has 2 atom stereocenters. The molecule has 0 fully saturated rings. The molecule has 1 N–H and O–H groups in total. The second-order valence-electron chi connectivity index (χ2n) is 6.21. The summed E-state index contributed by atoms with van der Waals surface area (Å²) in [6.45, 7) is 3.33. The van der Waals surface area contributed by atoms with Crippen LogP contribution in [0, 0.1) is 0 Å². The first-order chi connectivity index (χ1) is 11.8. The summed E-state index contributed by atoms with van der Waals surface area (Å²) in [5, 5.41) is 6.88. The Kier molecular flexibility index (Phi) is 4.45. The number of nitrogens with one attached hydrogen (secondary N) is 1. The molecule has 0 unspecified atom stereocenters. The van der Waals surface area contributed by atoms with E-state index < -0.39 is 24.2 Å². The van der Waals surface area contributed by atoms with Crippen LogP contribution in [0.15, 0.2) is 36.4 Å². The predicted molar refractivity (Wildman–Crippen MR) is 85.3 cm³/mol. The third kappa shape index (κ3) is 3.62. The van der Waals surface area contributed by atoms with Crippen molar-refractivity contribution in [2.75, 3.05) is 5.32 Å². The van der Waals surface area contributed by atoms with Gasteiger partial charge in [-0.15, -0.1) is 0 Å². The Morgan fingerprint density at radius 1 is 1.32 bits per heavy atom. The molecule has 0 spiro atoms. The Hall–Kier alpha value is -2.51. The molecule has 1 aliphatic heterocycles. The molecular formula is C17H18F3N3O2. The van der Waals surface area contributed by atoms with Crippen molar-refractivity contribution < 1.29 is 22.7 Å². The number of nitrogens with zero attached hydrogens (tertiary/aromatic N) is 2. The van der Waals surface area contributed by atoms with E-state index in [9.17, 15) is 18.0 Å². The fourth-order valence-corrected chi connectivity index (χ4v) is 2.85. The van der Waals surface area contributed by atoms with Gasteiger partial charge in [0, 0.05) is 12.5 Å². The molecule has 25 heavy (non-hydrogen) atoms. The van der Waals surface area contributed by atoms with Gasteiger partial charge in [-0.2, -0.15) is 18.3 Å². The molecule has 2 heterocycles. The highest BCUT2D eigenvalue weighted by atomic mass is 19.4. The van der Waals surface area contributed by atoms with Gasteiger partial charge >= 0.3 is 12.1 Å². The van der Waals surface area contributed by atoms with Gasteiger partial charge in [-0.3, -0.25) is 0 Å². The van der Waals surface area contributed by atoms with Crippen molar-refractivity contribution in [2.24, 2.45) is 0 Å². The normalized spacial score (nSPS) is 20.1. The number of fused-ring (bicyclic) bond motifs is 1. The van der Waals surface area contributed by atoms with Crippen LogP contribution in [-0.4, -0.2) is 28.0 Å². The minimum atomic E-state index is -4.48. The largest absolute Gasteiger partial charge is 0.458 e. The number of aromatic nitrogens is 2. The lowest BCUT2D eigenvalue weighted by Crippen LogP contribution is -2.35. The van der Waals surface area contributed by atoms with E-state index in [4.69, 9.17) is 4.74 Å². The van der Waals surface area contributed by atoms with Crippen LogP contribution in [0.5, 0.6) is 0 Å². The van der Waals surface area contributed by atoms with Crippen LogP contribution >= 0.6 is 0 Å². The number of carbonyl (C=O) groups is 1. The highest BCUT2D eigenvalue weighted by Gasteiger charge is 2.46. The lowest BCUT2D eigenvalue weighted by molar-refractivity contribution is -0.173. The molecule has 1 aromatic carbocycles. The van der Waals surface area contributed by atoms with Gasteiger partial charge in [0.05, 0.1) is 12.1 Å². The minimum absolute atomic E-state index is 0.140. The maximum Gasteiger partial charge on any atom is 0.410 e. The Morgan fingerprint density at radius 3 is 2.60 bits per heavy atom. The molecule has 1 aliphatic rings. The molecule has 0 bridgehead atoms. The van der Waals surface area contributed by atoms with Crippen molar-refractivity contribution in [3.63, 3.8) is 0 Å². The number of halogens is 3. The smallest absolute Gasteiger partial charge is 0.410 e. The van der Waals surface area contributed by atoms with Crippen molar-refractivity contribution >= 4 is 11.8 Å². The third-order valence-electron chi connectivity index (χ3n) is 3.94. The molecule has 8 heteroatoms. The first-order valence-electron chi connectivity index (χ1n) is 7.94. The van der Waals surface area contributed by atoms with Gasteiger partial charge in [-0.1, -0.05) is 30.3 Å². The van der Waals surface area contributed by atoms with Gasteiger partial charge in [0.1, 0.15) is 5.82 Å².